The minimum absolute atomic E-state index is 0.148. The number of benzene rings is 1. The Hall–Kier alpha value is -2.24. The van der Waals surface area contributed by atoms with E-state index in [0.717, 1.165) is 5.56 Å². The SMILES string of the molecule is C#CC#C/C(C)=N/NS(=O)(=O)c1ccc(C)cc1. The van der Waals surface area contributed by atoms with E-state index in [1.165, 1.54) is 12.1 Å². The normalized spacial score (nSPS) is 11.1. The van der Waals surface area contributed by atoms with E-state index in [9.17, 15) is 8.42 Å². The van der Waals surface area contributed by atoms with Gasteiger partial charge in [0.25, 0.3) is 10.0 Å². The molecular formula is C13H12N2O2S. The van der Waals surface area contributed by atoms with Crippen LogP contribution in [0.3, 0.4) is 0 Å². The van der Waals surface area contributed by atoms with Gasteiger partial charge in [0.2, 0.25) is 0 Å². The summed E-state index contributed by atoms with van der Waals surface area (Å²) in [6.45, 7) is 3.43. The maximum Gasteiger partial charge on any atom is 0.276 e. The third-order valence-electron chi connectivity index (χ3n) is 1.98. The molecule has 0 aliphatic heterocycles. The van der Waals surface area contributed by atoms with Gasteiger partial charge in [0.15, 0.2) is 0 Å². The summed E-state index contributed by atoms with van der Waals surface area (Å²) in [4.78, 5) is 2.24. The molecular weight excluding hydrogens is 248 g/mol. The van der Waals surface area contributed by atoms with E-state index in [2.05, 4.69) is 27.7 Å². The van der Waals surface area contributed by atoms with Gasteiger partial charge in [-0.05, 0) is 43.7 Å². The molecule has 0 saturated heterocycles. The summed E-state index contributed by atoms with van der Waals surface area (Å²) in [6.07, 6.45) is 4.95. The van der Waals surface area contributed by atoms with Crippen molar-refractivity contribution >= 4 is 15.7 Å². The summed E-state index contributed by atoms with van der Waals surface area (Å²) in [5.41, 5.74) is 1.28. The second-order valence-electron chi connectivity index (χ2n) is 3.50. The largest absolute Gasteiger partial charge is 0.276 e. The van der Waals surface area contributed by atoms with Crippen LogP contribution in [0.25, 0.3) is 0 Å². The van der Waals surface area contributed by atoms with Crippen molar-refractivity contribution in [3.05, 3.63) is 29.8 Å². The molecule has 0 spiro atoms. The zero-order valence-corrected chi connectivity index (χ0v) is 10.9. The van der Waals surface area contributed by atoms with Gasteiger partial charge in [0.1, 0.15) is 5.71 Å². The standard InChI is InChI=1S/C13H12N2O2S/c1-4-5-6-12(3)14-15-18(16,17)13-9-7-11(2)8-10-13/h1,7-10,15H,2-3H3/b14-12+. The van der Waals surface area contributed by atoms with E-state index in [1.54, 1.807) is 19.1 Å². The Morgan fingerprint density at radius 1 is 1.33 bits per heavy atom. The lowest BCUT2D eigenvalue weighted by molar-refractivity contribution is 0.584. The minimum Gasteiger partial charge on any atom is -0.200 e. The molecule has 0 aliphatic rings. The Bertz CT molecular complexity index is 654. The van der Waals surface area contributed by atoms with Crippen molar-refractivity contribution in [2.45, 2.75) is 18.7 Å². The summed E-state index contributed by atoms with van der Waals surface area (Å²) in [7, 11) is -3.65. The number of aryl methyl sites for hydroxylation is 1. The van der Waals surface area contributed by atoms with Crippen LogP contribution in [-0.2, 0) is 10.0 Å². The molecule has 92 valence electrons. The van der Waals surface area contributed by atoms with Crippen LogP contribution in [0.2, 0.25) is 0 Å². The first-order valence-corrected chi connectivity index (χ1v) is 6.53. The van der Waals surface area contributed by atoms with Gasteiger partial charge >= 0.3 is 0 Å². The van der Waals surface area contributed by atoms with E-state index in [1.807, 2.05) is 6.92 Å². The van der Waals surface area contributed by atoms with Gasteiger partial charge in [0.05, 0.1) is 4.90 Å². The molecule has 0 aromatic heterocycles. The molecule has 5 heteroatoms. The van der Waals surface area contributed by atoms with Crippen molar-refractivity contribution in [1.82, 2.24) is 4.83 Å². The molecule has 0 amide bonds. The Morgan fingerprint density at radius 2 is 1.94 bits per heavy atom. The second kappa shape index (κ2) is 5.90. The molecule has 1 aromatic rings. The minimum atomic E-state index is -3.65. The Labute approximate surface area is 107 Å². The van der Waals surface area contributed by atoms with Gasteiger partial charge in [-0.2, -0.15) is 18.4 Å². The lowest BCUT2D eigenvalue weighted by atomic mass is 10.2. The van der Waals surface area contributed by atoms with Gasteiger partial charge < -0.3 is 0 Å². The third kappa shape index (κ3) is 3.97. The number of hydrogen-bond donors (Lipinski definition) is 1. The molecule has 0 atom stereocenters. The molecule has 1 N–H and O–H groups in total. The number of hydrogen-bond acceptors (Lipinski definition) is 3. The van der Waals surface area contributed by atoms with Crippen molar-refractivity contribution < 1.29 is 8.42 Å². The lowest BCUT2D eigenvalue weighted by Gasteiger charge is -2.03. The molecule has 1 rings (SSSR count). The smallest absolute Gasteiger partial charge is 0.200 e. The predicted molar refractivity (Wildman–Crippen MR) is 71.2 cm³/mol. The fourth-order valence-corrected chi connectivity index (χ4v) is 1.91. The van der Waals surface area contributed by atoms with Gasteiger partial charge in [0, 0.05) is 0 Å². The molecule has 0 bridgehead atoms. The third-order valence-corrected chi connectivity index (χ3v) is 3.20. The maximum absolute atomic E-state index is 11.8. The summed E-state index contributed by atoms with van der Waals surface area (Å²) in [5, 5.41) is 3.64. The molecule has 4 nitrogen and oxygen atoms in total. The number of terminal acetylenes is 1. The number of nitrogens with one attached hydrogen (secondary N) is 1. The molecule has 0 saturated carbocycles. The quantitative estimate of drug-likeness (QED) is 0.506. The number of sulfonamides is 1. The highest BCUT2D eigenvalue weighted by Gasteiger charge is 2.11. The topological polar surface area (TPSA) is 58.5 Å². The van der Waals surface area contributed by atoms with Gasteiger partial charge in [-0.15, -0.1) is 6.42 Å². The fraction of sp³-hybridized carbons (Fsp3) is 0.154. The van der Waals surface area contributed by atoms with Crippen molar-refractivity contribution in [3.8, 4) is 24.2 Å². The Morgan fingerprint density at radius 3 is 2.50 bits per heavy atom. The van der Waals surface area contributed by atoms with Crippen LogP contribution >= 0.6 is 0 Å². The van der Waals surface area contributed by atoms with Gasteiger partial charge in [-0.25, -0.2) is 0 Å². The maximum atomic E-state index is 11.8. The van der Waals surface area contributed by atoms with Crippen LogP contribution in [0.1, 0.15) is 12.5 Å². The zero-order valence-electron chi connectivity index (χ0n) is 10.1. The molecule has 18 heavy (non-hydrogen) atoms. The number of nitrogens with zero attached hydrogens (tertiary/aromatic N) is 1. The van der Waals surface area contributed by atoms with E-state index in [-0.39, 0.29) is 4.90 Å². The molecule has 0 fully saturated rings. The summed E-state index contributed by atoms with van der Waals surface area (Å²) < 4.78 is 23.6. The predicted octanol–water partition coefficient (Wildman–Crippen LogP) is 1.29. The van der Waals surface area contributed by atoms with Crippen molar-refractivity contribution in [3.63, 3.8) is 0 Å². The first kappa shape index (κ1) is 13.8. The summed E-state index contributed by atoms with van der Waals surface area (Å²) >= 11 is 0. The molecule has 1 aromatic carbocycles. The second-order valence-corrected chi connectivity index (χ2v) is 5.16. The van der Waals surface area contributed by atoms with Crippen molar-refractivity contribution in [2.75, 3.05) is 0 Å². The van der Waals surface area contributed by atoms with Crippen molar-refractivity contribution in [2.24, 2.45) is 5.10 Å². The summed E-state index contributed by atoms with van der Waals surface area (Å²) in [6, 6.07) is 6.44. The van der Waals surface area contributed by atoms with Crippen LogP contribution < -0.4 is 4.83 Å². The first-order valence-electron chi connectivity index (χ1n) is 5.05. The first-order chi connectivity index (χ1) is 8.45. The highest BCUT2D eigenvalue weighted by molar-refractivity contribution is 7.89. The van der Waals surface area contributed by atoms with E-state index in [0.29, 0.717) is 5.71 Å². The van der Waals surface area contributed by atoms with Crippen LogP contribution in [-0.4, -0.2) is 14.1 Å². The summed E-state index contributed by atoms with van der Waals surface area (Å²) in [5.74, 6) is 6.96. The van der Waals surface area contributed by atoms with E-state index < -0.39 is 10.0 Å². The number of rotatable bonds is 3. The van der Waals surface area contributed by atoms with E-state index >= 15 is 0 Å². The molecule has 0 unspecified atom stereocenters. The monoisotopic (exact) mass is 260 g/mol. The van der Waals surface area contributed by atoms with Gasteiger partial charge in [-0.1, -0.05) is 17.7 Å². The molecule has 0 aliphatic carbocycles. The van der Waals surface area contributed by atoms with Crippen LogP contribution in [0, 0.1) is 31.1 Å². The average Bonchev–Trinajstić information content (AvgIpc) is 2.34. The Kier molecular flexibility index (Phi) is 4.53. The number of hydrazone groups is 1. The molecule has 0 radical (unpaired) electrons. The highest BCUT2D eigenvalue weighted by atomic mass is 32.2. The van der Waals surface area contributed by atoms with Crippen LogP contribution in [0.5, 0.6) is 0 Å². The molecule has 0 heterocycles. The van der Waals surface area contributed by atoms with Crippen molar-refractivity contribution in [1.29, 1.82) is 0 Å². The average molecular weight is 260 g/mol. The fourth-order valence-electron chi connectivity index (χ4n) is 1.05. The zero-order chi connectivity index (χ0) is 13.6. The van der Waals surface area contributed by atoms with Crippen LogP contribution in [0.4, 0.5) is 0 Å². The Balaban J connectivity index is 2.90. The van der Waals surface area contributed by atoms with E-state index in [4.69, 9.17) is 6.42 Å². The van der Waals surface area contributed by atoms with Crippen LogP contribution in [0.15, 0.2) is 34.3 Å². The highest BCUT2D eigenvalue weighted by Crippen LogP contribution is 2.09. The van der Waals surface area contributed by atoms with Gasteiger partial charge in [-0.3, -0.25) is 0 Å². The lowest BCUT2D eigenvalue weighted by Crippen LogP contribution is -2.19.